The number of ether oxygens (including phenoxy) is 2. The van der Waals surface area contributed by atoms with Crippen molar-refractivity contribution in [1.29, 1.82) is 0 Å². The summed E-state index contributed by atoms with van der Waals surface area (Å²) in [7, 11) is 3.95. The molecule has 0 spiro atoms. The van der Waals surface area contributed by atoms with Gasteiger partial charge in [-0.05, 0) is 26.2 Å². The number of hydrogen-bond donors (Lipinski definition) is 0. The molecule has 0 fully saturated rings. The lowest BCUT2D eigenvalue weighted by atomic mass is 10.00. The number of aliphatic imine (C=N–C) groups is 2. The van der Waals surface area contributed by atoms with Gasteiger partial charge in [-0.25, -0.2) is 9.51 Å². The topological polar surface area (TPSA) is 80.8 Å². The number of pyridine rings is 1. The van der Waals surface area contributed by atoms with E-state index in [1.807, 2.05) is 43.4 Å². The van der Waals surface area contributed by atoms with Crippen molar-refractivity contribution in [2.75, 3.05) is 40.4 Å². The lowest BCUT2D eigenvalue weighted by Crippen LogP contribution is -2.28. The Kier molecular flexibility index (Phi) is 4.72. The molecule has 0 atom stereocenters. The zero-order chi connectivity index (χ0) is 18.8. The van der Waals surface area contributed by atoms with Crippen LogP contribution in [0.3, 0.4) is 0 Å². The number of allylic oxidation sites excluding steroid dienone is 2. The fourth-order valence-electron chi connectivity index (χ4n) is 2.92. The Morgan fingerprint density at radius 2 is 2.26 bits per heavy atom. The summed E-state index contributed by atoms with van der Waals surface area (Å²) in [4.78, 5) is 23.5. The summed E-state index contributed by atoms with van der Waals surface area (Å²) in [5.74, 6) is 0.953. The Morgan fingerprint density at radius 1 is 1.37 bits per heavy atom. The fourth-order valence-corrected chi connectivity index (χ4v) is 2.92. The first-order valence-corrected chi connectivity index (χ1v) is 8.87. The van der Waals surface area contributed by atoms with Crippen molar-refractivity contribution in [2.24, 2.45) is 9.98 Å². The van der Waals surface area contributed by atoms with E-state index in [4.69, 9.17) is 9.47 Å². The lowest BCUT2D eigenvalue weighted by molar-refractivity contribution is -0.112. The van der Waals surface area contributed by atoms with Crippen LogP contribution in [0.4, 0.5) is 5.69 Å². The highest BCUT2D eigenvalue weighted by Crippen LogP contribution is 2.32. The van der Waals surface area contributed by atoms with Crippen LogP contribution in [0.5, 0.6) is 5.88 Å². The van der Waals surface area contributed by atoms with Gasteiger partial charge in [0.1, 0.15) is 24.7 Å². The molecule has 140 valence electrons. The highest BCUT2D eigenvalue weighted by atomic mass is 16.5. The molecule has 0 aromatic carbocycles. The molecule has 0 amide bonds. The van der Waals surface area contributed by atoms with Crippen molar-refractivity contribution >= 4 is 28.4 Å². The molecule has 2 aromatic heterocycles. The Labute approximate surface area is 156 Å². The molecule has 8 nitrogen and oxygen atoms in total. The molecule has 27 heavy (non-hydrogen) atoms. The molecule has 1 aliphatic carbocycles. The van der Waals surface area contributed by atoms with Gasteiger partial charge in [-0.3, -0.25) is 9.79 Å². The number of nitrogens with zero attached hydrogens (tertiary/aromatic N) is 5. The first kappa shape index (κ1) is 17.4. The molecule has 0 saturated carbocycles. The molecule has 0 radical (unpaired) electrons. The van der Waals surface area contributed by atoms with E-state index in [1.165, 1.54) is 0 Å². The van der Waals surface area contributed by atoms with E-state index in [2.05, 4.69) is 15.1 Å². The van der Waals surface area contributed by atoms with Crippen LogP contribution >= 0.6 is 0 Å². The van der Waals surface area contributed by atoms with E-state index >= 15 is 0 Å². The number of fused-ring (bicyclic) bond motifs is 2. The van der Waals surface area contributed by atoms with E-state index in [1.54, 1.807) is 10.6 Å². The summed E-state index contributed by atoms with van der Waals surface area (Å²) < 4.78 is 13.2. The number of Topliss-reactive ketones (excluding diaryl/α,β-unsaturated/α-hetero) is 1. The van der Waals surface area contributed by atoms with E-state index in [0.29, 0.717) is 48.5 Å². The highest BCUT2D eigenvalue weighted by Gasteiger charge is 2.27. The standard InChI is InChI=1S/C19H21N5O3/c1-23(2)8-10-27-19-18(15-5-3-4-7-24(15)22-19)21-13-12-17-14(11-16(13)25)20-6-9-26-17/h3-5,7,12H,6,8-11H2,1-2H3. The minimum absolute atomic E-state index is 0.0856. The summed E-state index contributed by atoms with van der Waals surface area (Å²) >= 11 is 0. The number of hydrogen-bond acceptors (Lipinski definition) is 7. The van der Waals surface area contributed by atoms with Crippen LogP contribution < -0.4 is 4.74 Å². The number of carbonyl (C=O) groups is 1. The number of aromatic nitrogens is 2. The zero-order valence-electron chi connectivity index (χ0n) is 15.4. The van der Waals surface area contributed by atoms with Gasteiger partial charge in [0.05, 0.1) is 24.2 Å². The summed E-state index contributed by atoms with van der Waals surface area (Å²) in [5, 5.41) is 4.46. The van der Waals surface area contributed by atoms with Gasteiger partial charge in [0.2, 0.25) is 0 Å². The molecule has 1 aliphatic heterocycles. The van der Waals surface area contributed by atoms with Crippen molar-refractivity contribution in [1.82, 2.24) is 14.5 Å². The zero-order valence-corrected chi connectivity index (χ0v) is 15.4. The molecule has 8 heteroatoms. The van der Waals surface area contributed by atoms with Gasteiger partial charge in [0.25, 0.3) is 5.88 Å². The normalized spacial score (nSPS) is 18.3. The maximum atomic E-state index is 12.5. The monoisotopic (exact) mass is 367 g/mol. The van der Waals surface area contributed by atoms with Crippen molar-refractivity contribution in [2.45, 2.75) is 6.42 Å². The molecular formula is C19H21N5O3. The molecule has 0 N–H and O–H groups in total. The van der Waals surface area contributed by atoms with Gasteiger partial charge >= 0.3 is 0 Å². The molecule has 0 saturated heterocycles. The van der Waals surface area contributed by atoms with Crippen molar-refractivity contribution < 1.29 is 14.3 Å². The fraction of sp³-hybridized carbons (Fsp3) is 0.368. The maximum Gasteiger partial charge on any atom is 0.260 e. The third-order valence-electron chi connectivity index (χ3n) is 4.31. The smallest absolute Gasteiger partial charge is 0.260 e. The van der Waals surface area contributed by atoms with E-state index in [-0.39, 0.29) is 12.2 Å². The summed E-state index contributed by atoms with van der Waals surface area (Å²) in [6.45, 7) is 2.33. The van der Waals surface area contributed by atoms with E-state index in [9.17, 15) is 4.79 Å². The van der Waals surface area contributed by atoms with Crippen molar-refractivity contribution in [3.63, 3.8) is 0 Å². The van der Waals surface area contributed by atoms with E-state index < -0.39 is 0 Å². The first-order chi connectivity index (χ1) is 13.1. The largest absolute Gasteiger partial charge is 0.490 e. The molecular weight excluding hydrogens is 346 g/mol. The second kappa shape index (κ2) is 7.32. The van der Waals surface area contributed by atoms with Crippen LogP contribution in [0.25, 0.3) is 5.52 Å². The Balaban J connectivity index is 1.73. The van der Waals surface area contributed by atoms with Gasteiger partial charge in [0.15, 0.2) is 11.5 Å². The maximum absolute atomic E-state index is 12.5. The van der Waals surface area contributed by atoms with Gasteiger partial charge in [-0.15, -0.1) is 5.10 Å². The molecule has 2 aliphatic rings. The van der Waals surface area contributed by atoms with Crippen LogP contribution in [0.2, 0.25) is 0 Å². The average molecular weight is 367 g/mol. The Bertz CT molecular complexity index is 971. The molecule has 4 rings (SSSR count). The number of rotatable bonds is 5. The predicted molar refractivity (Wildman–Crippen MR) is 102 cm³/mol. The second-order valence-electron chi connectivity index (χ2n) is 6.62. The third kappa shape index (κ3) is 3.61. The minimum atomic E-state index is -0.0856. The van der Waals surface area contributed by atoms with Gasteiger partial charge in [-0.1, -0.05) is 6.07 Å². The number of ketones is 1. The summed E-state index contributed by atoms with van der Waals surface area (Å²) in [6.07, 6.45) is 3.70. The number of likely N-dealkylation sites (N-methyl/N-ethyl adjacent to an activating group) is 1. The predicted octanol–water partition coefficient (Wildman–Crippen LogP) is 1.68. The Morgan fingerprint density at radius 3 is 3.11 bits per heavy atom. The van der Waals surface area contributed by atoms with Crippen LogP contribution in [-0.2, 0) is 9.53 Å². The second-order valence-corrected chi connectivity index (χ2v) is 6.62. The molecule has 2 aromatic rings. The quantitative estimate of drug-likeness (QED) is 0.803. The lowest BCUT2D eigenvalue weighted by Gasteiger charge is -2.20. The third-order valence-corrected chi connectivity index (χ3v) is 4.31. The number of carbonyl (C=O) groups excluding carboxylic acids is 1. The highest BCUT2D eigenvalue weighted by molar-refractivity contribution is 6.50. The van der Waals surface area contributed by atoms with Crippen LogP contribution in [0.1, 0.15) is 6.42 Å². The average Bonchev–Trinajstić information content (AvgIpc) is 2.99. The summed E-state index contributed by atoms with van der Waals surface area (Å²) in [5.41, 5.74) is 2.36. The SMILES string of the molecule is CN(C)CCOc1nn2ccccc2c1N=C1C=C2OCCN=C2CC1=O. The van der Waals surface area contributed by atoms with E-state index in [0.717, 1.165) is 12.1 Å². The molecule has 0 unspecified atom stereocenters. The van der Waals surface area contributed by atoms with Gasteiger partial charge in [-0.2, -0.15) is 0 Å². The Hall–Kier alpha value is -3.00. The van der Waals surface area contributed by atoms with Crippen LogP contribution in [-0.4, -0.2) is 72.1 Å². The van der Waals surface area contributed by atoms with Crippen molar-refractivity contribution in [3.05, 3.63) is 36.2 Å². The van der Waals surface area contributed by atoms with Crippen molar-refractivity contribution in [3.8, 4) is 5.88 Å². The summed E-state index contributed by atoms with van der Waals surface area (Å²) in [6, 6.07) is 5.68. The van der Waals surface area contributed by atoms with Gasteiger partial charge in [0, 0.05) is 18.8 Å². The first-order valence-electron chi connectivity index (χ1n) is 8.87. The molecule has 0 bridgehead atoms. The minimum Gasteiger partial charge on any atom is -0.490 e. The molecule has 3 heterocycles. The van der Waals surface area contributed by atoms with Crippen LogP contribution in [0, 0.1) is 0 Å². The van der Waals surface area contributed by atoms with Crippen LogP contribution in [0.15, 0.2) is 46.2 Å². The van der Waals surface area contributed by atoms with Gasteiger partial charge < -0.3 is 14.4 Å².